The summed E-state index contributed by atoms with van der Waals surface area (Å²) in [4.78, 5) is 0. The van der Waals surface area contributed by atoms with E-state index < -0.39 is 16.1 Å². The van der Waals surface area contributed by atoms with E-state index in [2.05, 4.69) is 4.72 Å². The van der Waals surface area contributed by atoms with E-state index in [4.69, 9.17) is 0 Å². The third kappa shape index (κ3) is 4.73. The van der Waals surface area contributed by atoms with Gasteiger partial charge >= 0.3 is 0 Å². The highest BCUT2D eigenvalue weighted by Crippen LogP contribution is 2.25. The SMILES string of the molecule is CS(=O)(=O)Nc1ccccc1C(O)/C=C/c1ccccc1. The van der Waals surface area contributed by atoms with Crippen molar-refractivity contribution in [2.24, 2.45) is 0 Å². The average Bonchev–Trinajstić information content (AvgIpc) is 2.45. The molecule has 5 heteroatoms. The summed E-state index contributed by atoms with van der Waals surface area (Å²) in [6.07, 6.45) is 3.60. The molecule has 2 aromatic rings. The molecular weight excluding hydrogens is 286 g/mol. The van der Waals surface area contributed by atoms with Gasteiger partial charge in [0.25, 0.3) is 0 Å². The summed E-state index contributed by atoms with van der Waals surface area (Å²) in [5.74, 6) is 0. The quantitative estimate of drug-likeness (QED) is 0.892. The number of sulfonamides is 1. The van der Waals surface area contributed by atoms with Crippen molar-refractivity contribution in [1.29, 1.82) is 0 Å². The molecule has 0 aliphatic rings. The van der Waals surface area contributed by atoms with E-state index in [1.54, 1.807) is 36.4 Å². The van der Waals surface area contributed by atoms with Crippen LogP contribution in [0.25, 0.3) is 6.08 Å². The highest BCUT2D eigenvalue weighted by molar-refractivity contribution is 7.92. The first-order valence-corrected chi connectivity index (χ1v) is 8.33. The van der Waals surface area contributed by atoms with Crippen LogP contribution in [0.3, 0.4) is 0 Å². The van der Waals surface area contributed by atoms with Crippen molar-refractivity contribution in [3.8, 4) is 0 Å². The largest absolute Gasteiger partial charge is 0.384 e. The molecule has 0 aliphatic heterocycles. The number of benzene rings is 2. The second-order valence-corrected chi connectivity index (χ2v) is 6.42. The van der Waals surface area contributed by atoms with E-state index in [1.807, 2.05) is 30.3 Å². The summed E-state index contributed by atoms with van der Waals surface area (Å²) in [6, 6.07) is 16.3. The van der Waals surface area contributed by atoms with Crippen LogP contribution in [0.4, 0.5) is 5.69 Å². The van der Waals surface area contributed by atoms with Crippen LogP contribution in [-0.2, 0) is 10.0 Å². The maximum absolute atomic E-state index is 11.3. The predicted octanol–water partition coefficient (Wildman–Crippen LogP) is 2.80. The van der Waals surface area contributed by atoms with Crippen LogP contribution in [0.2, 0.25) is 0 Å². The molecule has 0 aliphatic carbocycles. The van der Waals surface area contributed by atoms with Crippen molar-refractivity contribution < 1.29 is 13.5 Å². The van der Waals surface area contributed by atoms with Gasteiger partial charge < -0.3 is 5.11 Å². The molecule has 2 N–H and O–H groups in total. The van der Waals surface area contributed by atoms with Crippen LogP contribution in [0.5, 0.6) is 0 Å². The van der Waals surface area contributed by atoms with Gasteiger partial charge in [0, 0.05) is 5.56 Å². The number of nitrogens with one attached hydrogen (secondary N) is 1. The first-order valence-electron chi connectivity index (χ1n) is 6.44. The van der Waals surface area contributed by atoms with Crippen LogP contribution in [0.15, 0.2) is 60.7 Å². The smallest absolute Gasteiger partial charge is 0.229 e. The maximum Gasteiger partial charge on any atom is 0.229 e. The van der Waals surface area contributed by atoms with Gasteiger partial charge in [0.05, 0.1) is 18.0 Å². The summed E-state index contributed by atoms with van der Waals surface area (Å²) < 4.78 is 25.1. The number of hydrogen-bond donors (Lipinski definition) is 2. The third-order valence-corrected chi connectivity index (χ3v) is 3.44. The first-order chi connectivity index (χ1) is 9.96. The molecule has 0 spiro atoms. The molecule has 0 heterocycles. The monoisotopic (exact) mass is 303 g/mol. The zero-order valence-corrected chi connectivity index (χ0v) is 12.4. The van der Waals surface area contributed by atoms with Gasteiger partial charge in [-0.3, -0.25) is 4.72 Å². The maximum atomic E-state index is 11.3. The Morgan fingerprint density at radius 1 is 1.05 bits per heavy atom. The molecule has 110 valence electrons. The Bertz CT molecular complexity index is 724. The van der Waals surface area contributed by atoms with Gasteiger partial charge in [-0.05, 0) is 11.6 Å². The Morgan fingerprint density at radius 3 is 2.33 bits per heavy atom. The van der Waals surface area contributed by atoms with Crippen molar-refractivity contribution in [2.75, 3.05) is 11.0 Å². The molecule has 1 atom stereocenters. The Labute approximate surface area is 124 Å². The second kappa shape index (κ2) is 6.56. The minimum atomic E-state index is -3.39. The summed E-state index contributed by atoms with van der Waals surface area (Å²) in [5, 5.41) is 10.2. The molecule has 0 saturated carbocycles. The lowest BCUT2D eigenvalue weighted by Gasteiger charge is -2.13. The lowest BCUT2D eigenvalue weighted by atomic mass is 10.1. The van der Waals surface area contributed by atoms with Crippen molar-refractivity contribution in [2.45, 2.75) is 6.10 Å². The topological polar surface area (TPSA) is 66.4 Å². The molecule has 2 aromatic carbocycles. The number of rotatable bonds is 5. The molecule has 1 unspecified atom stereocenters. The number of para-hydroxylation sites is 1. The number of aliphatic hydroxyl groups is 1. The molecule has 0 saturated heterocycles. The lowest BCUT2D eigenvalue weighted by Crippen LogP contribution is -2.12. The normalized spacial score (nSPS) is 13.2. The number of aliphatic hydroxyl groups excluding tert-OH is 1. The predicted molar refractivity (Wildman–Crippen MR) is 85.3 cm³/mol. The van der Waals surface area contributed by atoms with Crippen molar-refractivity contribution >= 4 is 21.8 Å². The molecular formula is C16H17NO3S. The van der Waals surface area contributed by atoms with Gasteiger partial charge in [-0.15, -0.1) is 0 Å². The molecule has 2 rings (SSSR count). The fourth-order valence-electron chi connectivity index (χ4n) is 1.92. The third-order valence-electron chi connectivity index (χ3n) is 2.85. The van der Waals surface area contributed by atoms with Crippen LogP contribution in [0.1, 0.15) is 17.2 Å². The summed E-state index contributed by atoms with van der Waals surface area (Å²) >= 11 is 0. The van der Waals surface area contributed by atoms with Crippen molar-refractivity contribution in [1.82, 2.24) is 0 Å². The Balaban J connectivity index is 2.23. The van der Waals surface area contributed by atoms with E-state index in [0.717, 1.165) is 11.8 Å². The zero-order chi connectivity index (χ0) is 15.3. The standard InChI is InChI=1S/C16H17NO3S/c1-21(19,20)17-15-10-6-5-9-14(15)16(18)12-11-13-7-3-2-4-8-13/h2-12,16-18H,1H3/b12-11+. The minimum Gasteiger partial charge on any atom is -0.384 e. The lowest BCUT2D eigenvalue weighted by molar-refractivity contribution is 0.230. The summed E-state index contributed by atoms with van der Waals surface area (Å²) in [7, 11) is -3.39. The minimum absolute atomic E-state index is 0.380. The van der Waals surface area contributed by atoms with E-state index in [9.17, 15) is 13.5 Å². The number of anilines is 1. The van der Waals surface area contributed by atoms with Gasteiger partial charge in [0.15, 0.2) is 0 Å². The molecule has 0 amide bonds. The highest BCUT2D eigenvalue weighted by Gasteiger charge is 2.11. The van der Waals surface area contributed by atoms with E-state index >= 15 is 0 Å². The summed E-state index contributed by atoms with van der Waals surface area (Å²) in [5.41, 5.74) is 1.85. The second-order valence-electron chi connectivity index (χ2n) is 4.68. The van der Waals surface area contributed by atoms with Gasteiger partial charge in [0.2, 0.25) is 10.0 Å². The molecule has 21 heavy (non-hydrogen) atoms. The average molecular weight is 303 g/mol. The molecule has 4 nitrogen and oxygen atoms in total. The summed E-state index contributed by atoms with van der Waals surface area (Å²) in [6.45, 7) is 0. The van der Waals surface area contributed by atoms with Gasteiger partial charge in [-0.2, -0.15) is 0 Å². The van der Waals surface area contributed by atoms with E-state index in [1.165, 1.54) is 0 Å². The van der Waals surface area contributed by atoms with Gasteiger partial charge in [-0.25, -0.2) is 8.42 Å². The van der Waals surface area contributed by atoms with Gasteiger partial charge in [-0.1, -0.05) is 60.7 Å². The molecule has 0 fully saturated rings. The Morgan fingerprint density at radius 2 is 1.67 bits per heavy atom. The van der Waals surface area contributed by atoms with Crippen LogP contribution in [-0.4, -0.2) is 19.8 Å². The number of hydrogen-bond acceptors (Lipinski definition) is 3. The van der Waals surface area contributed by atoms with Crippen LogP contribution in [0, 0.1) is 0 Å². The molecule has 0 radical (unpaired) electrons. The molecule has 0 aromatic heterocycles. The van der Waals surface area contributed by atoms with Gasteiger partial charge in [0.1, 0.15) is 0 Å². The van der Waals surface area contributed by atoms with Crippen molar-refractivity contribution in [3.05, 3.63) is 71.8 Å². The fraction of sp³-hybridized carbons (Fsp3) is 0.125. The van der Waals surface area contributed by atoms with Crippen LogP contribution < -0.4 is 4.72 Å². The fourth-order valence-corrected chi connectivity index (χ4v) is 2.50. The first kappa shape index (κ1) is 15.3. The van der Waals surface area contributed by atoms with Crippen LogP contribution >= 0.6 is 0 Å². The zero-order valence-electron chi connectivity index (χ0n) is 11.6. The van der Waals surface area contributed by atoms with E-state index in [-0.39, 0.29) is 0 Å². The van der Waals surface area contributed by atoms with E-state index in [0.29, 0.717) is 11.3 Å². The Kier molecular flexibility index (Phi) is 4.77. The molecule has 0 bridgehead atoms. The van der Waals surface area contributed by atoms with Crippen molar-refractivity contribution in [3.63, 3.8) is 0 Å². The Hall–Kier alpha value is -2.11. The highest BCUT2D eigenvalue weighted by atomic mass is 32.2.